The van der Waals surface area contributed by atoms with Crippen LogP contribution in [-0.2, 0) is 24.3 Å². The van der Waals surface area contributed by atoms with Gasteiger partial charge >= 0.3 is 0 Å². The molecule has 0 aliphatic rings. The molecule has 0 bridgehead atoms. The number of aromatic nitrogens is 4. The van der Waals surface area contributed by atoms with Gasteiger partial charge in [0.05, 0.1) is 25.7 Å². The summed E-state index contributed by atoms with van der Waals surface area (Å²) in [6, 6.07) is 20.2. The van der Waals surface area contributed by atoms with Crippen molar-refractivity contribution in [3.63, 3.8) is 0 Å². The molecule has 2 heterocycles. The molecule has 0 radical (unpaired) electrons. The van der Waals surface area contributed by atoms with Crippen LogP contribution < -0.4 is 10.9 Å². The number of nitrogens with one attached hydrogen (secondary N) is 1. The number of halogens is 1. The number of amides is 1. The Morgan fingerprint density at radius 3 is 2.59 bits per heavy atom. The van der Waals surface area contributed by atoms with Crippen molar-refractivity contribution >= 4 is 27.7 Å². The second kappa shape index (κ2) is 9.27. The van der Waals surface area contributed by atoms with E-state index in [1.165, 1.54) is 23.2 Å². The molecule has 0 saturated carbocycles. The van der Waals surface area contributed by atoms with Gasteiger partial charge in [0.25, 0.3) is 5.56 Å². The molecule has 0 aliphatic heterocycles. The Kier molecular flexibility index (Phi) is 5.86. The van der Waals surface area contributed by atoms with Crippen LogP contribution in [0.4, 0.5) is 4.39 Å². The van der Waals surface area contributed by atoms with Gasteiger partial charge in [-0.15, -0.1) is 0 Å². The van der Waals surface area contributed by atoms with Crippen molar-refractivity contribution in [3.8, 4) is 0 Å². The van der Waals surface area contributed by atoms with E-state index in [9.17, 15) is 14.0 Å². The topological polar surface area (TPSA) is 81.8 Å². The van der Waals surface area contributed by atoms with E-state index in [4.69, 9.17) is 0 Å². The number of carbonyl (C=O) groups is 1. The Morgan fingerprint density at radius 2 is 1.71 bits per heavy atom. The predicted octanol–water partition coefficient (Wildman–Crippen LogP) is 3.29. The lowest BCUT2D eigenvalue weighted by Gasteiger charge is -2.09. The van der Waals surface area contributed by atoms with E-state index in [0.717, 1.165) is 16.3 Å². The van der Waals surface area contributed by atoms with Crippen molar-refractivity contribution in [3.05, 3.63) is 107 Å². The van der Waals surface area contributed by atoms with Crippen molar-refractivity contribution in [1.29, 1.82) is 0 Å². The van der Waals surface area contributed by atoms with Crippen LogP contribution >= 0.6 is 0 Å². The first-order valence-electron chi connectivity index (χ1n) is 11.0. The van der Waals surface area contributed by atoms with E-state index in [-0.39, 0.29) is 30.2 Å². The summed E-state index contributed by atoms with van der Waals surface area (Å²) in [7, 11) is 0. The van der Waals surface area contributed by atoms with Gasteiger partial charge in [-0.2, -0.15) is 5.10 Å². The molecule has 5 aromatic rings. The zero-order valence-corrected chi connectivity index (χ0v) is 18.3. The number of benzene rings is 3. The summed E-state index contributed by atoms with van der Waals surface area (Å²) in [5, 5.41) is 9.68. The van der Waals surface area contributed by atoms with Crippen LogP contribution in [0.15, 0.2) is 84.0 Å². The largest absolute Gasteiger partial charge is 0.354 e. The molecule has 170 valence electrons. The minimum Gasteiger partial charge on any atom is -0.354 e. The molecule has 0 spiro atoms. The molecule has 8 heteroatoms. The third-order valence-corrected chi connectivity index (χ3v) is 5.80. The molecule has 5 rings (SSSR count). The number of rotatable bonds is 7. The van der Waals surface area contributed by atoms with Gasteiger partial charge in [0.15, 0.2) is 5.65 Å². The van der Waals surface area contributed by atoms with Crippen molar-refractivity contribution in [2.75, 3.05) is 6.54 Å². The lowest BCUT2D eigenvalue weighted by molar-refractivity contribution is -0.120. The highest BCUT2D eigenvalue weighted by atomic mass is 19.1. The Labute approximate surface area is 194 Å². The zero-order valence-electron chi connectivity index (χ0n) is 18.3. The van der Waals surface area contributed by atoms with Crippen molar-refractivity contribution in [2.45, 2.75) is 19.5 Å². The number of nitrogens with zero attached hydrogens (tertiary/aromatic N) is 4. The third-order valence-electron chi connectivity index (χ3n) is 5.80. The number of hydrogen-bond donors (Lipinski definition) is 1. The van der Waals surface area contributed by atoms with Crippen LogP contribution in [0.25, 0.3) is 21.8 Å². The van der Waals surface area contributed by atoms with Gasteiger partial charge in [0.2, 0.25) is 5.91 Å². The maximum atomic E-state index is 14.0. The first-order valence-corrected chi connectivity index (χ1v) is 11.0. The van der Waals surface area contributed by atoms with E-state index in [1.807, 2.05) is 42.5 Å². The summed E-state index contributed by atoms with van der Waals surface area (Å²) < 4.78 is 16.9. The maximum Gasteiger partial charge on any atom is 0.264 e. The standard InChI is InChI=1S/C26H22FN5O2/c27-23-11-4-2-7-20(23)16-31-17-29-25-22(26(31)34)15-30-32(25)13-12-28-24(33)14-19-9-5-8-18-6-1-3-10-21(18)19/h1-11,15,17H,12-14,16H2,(H,28,33). The summed E-state index contributed by atoms with van der Waals surface area (Å²) in [5.41, 5.74) is 1.52. The van der Waals surface area contributed by atoms with Gasteiger partial charge < -0.3 is 5.32 Å². The minimum atomic E-state index is -0.371. The summed E-state index contributed by atoms with van der Waals surface area (Å²) in [5.74, 6) is -0.461. The second-order valence-corrected chi connectivity index (χ2v) is 8.04. The van der Waals surface area contributed by atoms with E-state index < -0.39 is 0 Å². The Bertz CT molecular complexity index is 1550. The summed E-state index contributed by atoms with van der Waals surface area (Å²) in [4.78, 5) is 29.7. The number of fused-ring (bicyclic) bond motifs is 2. The molecule has 34 heavy (non-hydrogen) atoms. The molecule has 0 saturated heterocycles. The number of carbonyl (C=O) groups excluding carboxylic acids is 1. The molecule has 1 N–H and O–H groups in total. The zero-order chi connectivity index (χ0) is 23.5. The Morgan fingerprint density at radius 1 is 0.941 bits per heavy atom. The monoisotopic (exact) mass is 455 g/mol. The third kappa shape index (κ3) is 4.30. The van der Waals surface area contributed by atoms with E-state index in [0.29, 0.717) is 29.7 Å². The van der Waals surface area contributed by atoms with Gasteiger partial charge in [-0.3, -0.25) is 14.2 Å². The average molecular weight is 455 g/mol. The van der Waals surface area contributed by atoms with Crippen molar-refractivity contribution < 1.29 is 9.18 Å². The van der Waals surface area contributed by atoms with Gasteiger partial charge in [-0.25, -0.2) is 14.1 Å². The molecular formula is C26H22FN5O2. The minimum absolute atomic E-state index is 0.0872. The van der Waals surface area contributed by atoms with Crippen LogP contribution in [0.2, 0.25) is 0 Å². The predicted molar refractivity (Wildman–Crippen MR) is 128 cm³/mol. The fraction of sp³-hybridized carbons (Fsp3) is 0.154. The lowest BCUT2D eigenvalue weighted by Crippen LogP contribution is -2.29. The summed E-state index contributed by atoms with van der Waals surface area (Å²) >= 11 is 0. The van der Waals surface area contributed by atoms with E-state index in [1.54, 1.807) is 22.9 Å². The van der Waals surface area contributed by atoms with Crippen molar-refractivity contribution in [2.24, 2.45) is 0 Å². The highest BCUT2D eigenvalue weighted by Gasteiger charge is 2.12. The lowest BCUT2D eigenvalue weighted by atomic mass is 10.0. The smallest absolute Gasteiger partial charge is 0.264 e. The molecule has 0 aliphatic carbocycles. The summed E-state index contributed by atoms with van der Waals surface area (Å²) in [6.45, 7) is 0.804. The highest BCUT2D eigenvalue weighted by Crippen LogP contribution is 2.18. The van der Waals surface area contributed by atoms with Crippen molar-refractivity contribution in [1.82, 2.24) is 24.6 Å². The molecule has 7 nitrogen and oxygen atoms in total. The highest BCUT2D eigenvalue weighted by molar-refractivity contribution is 5.90. The molecule has 1 amide bonds. The molecule has 0 fully saturated rings. The quantitative estimate of drug-likeness (QED) is 0.408. The molecule has 0 atom stereocenters. The van der Waals surface area contributed by atoms with Gasteiger partial charge in [-0.05, 0) is 22.4 Å². The summed E-state index contributed by atoms with van der Waals surface area (Å²) in [6.07, 6.45) is 3.13. The maximum absolute atomic E-state index is 14.0. The van der Waals surface area contributed by atoms with Gasteiger partial charge in [0, 0.05) is 12.1 Å². The van der Waals surface area contributed by atoms with Crippen LogP contribution in [0.1, 0.15) is 11.1 Å². The SMILES string of the molecule is O=C(Cc1cccc2ccccc12)NCCn1ncc2c(=O)n(Cc3ccccc3F)cnc21. The molecule has 3 aromatic carbocycles. The fourth-order valence-electron chi connectivity index (χ4n) is 4.07. The van der Waals surface area contributed by atoms with E-state index >= 15 is 0 Å². The van der Waals surface area contributed by atoms with Crippen LogP contribution in [-0.4, -0.2) is 31.8 Å². The first kappa shape index (κ1) is 21.5. The van der Waals surface area contributed by atoms with Crippen LogP contribution in [0.3, 0.4) is 0 Å². The van der Waals surface area contributed by atoms with Gasteiger partial charge in [-0.1, -0.05) is 60.7 Å². The molecular weight excluding hydrogens is 433 g/mol. The fourth-order valence-corrected chi connectivity index (χ4v) is 4.07. The second-order valence-electron chi connectivity index (χ2n) is 8.04. The van der Waals surface area contributed by atoms with Crippen LogP contribution in [0, 0.1) is 5.82 Å². The van der Waals surface area contributed by atoms with E-state index in [2.05, 4.69) is 15.4 Å². The van der Waals surface area contributed by atoms with Crippen LogP contribution in [0.5, 0.6) is 0 Å². The average Bonchev–Trinajstić information content (AvgIpc) is 3.26. The molecule has 2 aromatic heterocycles. The Hall–Kier alpha value is -4.33. The Balaban J connectivity index is 1.25. The first-order chi connectivity index (χ1) is 16.6. The normalized spacial score (nSPS) is 11.2. The number of hydrogen-bond acceptors (Lipinski definition) is 4. The molecule has 0 unspecified atom stereocenters. The van der Waals surface area contributed by atoms with Gasteiger partial charge in [0.1, 0.15) is 17.5 Å².